The van der Waals surface area contributed by atoms with Gasteiger partial charge >= 0.3 is 5.97 Å². The molecule has 8 heteroatoms. The highest BCUT2D eigenvalue weighted by molar-refractivity contribution is 6.32. The molecule has 0 saturated carbocycles. The van der Waals surface area contributed by atoms with Gasteiger partial charge in [-0.2, -0.15) is 0 Å². The lowest BCUT2D eigenvalue weighted by atomic mass is 10.1. The molecule has 0 bridgehead atoms. The monoisotopic (exact) mass is 331 g/mol. The van der Waals surface area contributed by atoms with Crippen LogP contribution in [0.3, 0.4) is 0 Å². The van der Waals surface area contributed by atoms with E-state index >= 15 is 0 Å². The van der Waals surface area contributed by atoms with Crippen molar-refractivity contribution in [2.24, 2.45) is 0 Å². The molecule has 0 fully saturated rings. The minimum atomic E-state index is -1.000. The van der Waals surface area contributed by atoms with Gasteiger partial charge in [-0.05, 0) is 12.1 Å². The Balaban J connectivity index is 2.35. The summed E-state index contributed by atoms with van der Waals surface area (Å²) in [5.74, 6) is -0.725. The molecule has 0 radical (unpaired) electrons. The fraction of sp³-hybridized carbons (Fsp3) is 0.0667. The van der Waals surface area contributed by atoms with Gasteiger partial charge < -0.3 is 21.1 Å². The molecule has 2 rings (SSSR count). The van der Waals surface area contributed by atoms with Gasteiger partial charge in [0.2, 0.25) is 5.95 Å². The number of carboxylic acids is 1. The Morgan fingerprint density at radius 1 is 1.35 bits per heavy atom. The molecule has 2 aromatic rings. The molecule has 1 aromatic heterocycles. The summed E-state index contributed by atoms with van der Waals surface area (Å²) in [6.07, 6.45) is 4.15. The van der Waals surface area contributed by atoms with Gasteiger partial charge in [0, 0.05) is 25.0 Å². The molecule has 0 aliphatic carbocycles. The van der Waals surface area contributed by atoms with Crippen LogP contribution in [0.4, 0.5) is 5.95 Å². The number of nitrogens with one attached hydrogen (secondary N) is 3. The Morgan fingerprint density at radius 3 is 2.61 bits per heavy atom. The van der Waals surface area contributed by atoms with E-state index in [4.69, 9.17) is 22.1 Å². The van der Waals surface area contributed by atoms with Crippen molar-refractivity contribution in [1.29, 1.82) is 5.41 Å². The highest BCUT2D eigenvalue weighted by Gasteiger charge is 2.10. The number of nitrogens with zero attached hydrogens (tertiary/aromatic N) is 2. The molecule has 0 spiro atoms. The van der Waals surface area contributed by atoms with E-state index in [0.29, 0.717) is 22.0 Å². The van der Waals surface area contributed by atoms with E-state index in [0.717, 1.165) is 6.21 Å². The first-order valence-electron chi connectivity index (χ1n) is 6.56. The molecule has 0 unspecified atom stereocenters. The van der Waals surface area contributed by atoms with Crippen molar-refractivity contribution in [3.05, 3.63) is 52.9 Å². The number of carbonyl (C=O) groups is 1. The van der Waals surface area contributed by atoms with Crippen molar-refractivity contribution < 1.29 is 9.90 Å². The van der Waals surface area contributed by atoms with Gasteiger partial charge in [0.1, 0.15) is 0 Å². The summed E-state index contributed by atoms with van der Waals surface area (Å²) >= 11 is 6.12. The van der Waals surface area contributed by atoms with Crippen molar-refractivity contribution in [2.75, 3.05) is 12.4 Å². The van der Waals surface area contributed by atoms with Crippen LogP contribution >= 0.6 is 11.6 Å². The number of carboxylic acid groups (broad SMARTS) is 1. The Kier molecular flexibility index (Phi) is 5.27. The van der Waals surface area contributed by atoms with Crippen molar-refractivity contribution in [3.63, 3.8) is 0 Å². The van der Waals surface area contributed by atoms with Crippen LogP contribution in [0, 0.1) is 5.41 Å². The Labute approximate surface area is 137 Å². The van der Waals surface area contributed by atoms with Gasteiger partial charge in [0.15, 0.2) is 0 Å². The summed E-state index contributed by atoms with van der Waals surface area (Å²) in [4.78, 5) is 19.3. The van der Waals surface area contributed by atoms with Crippen LogP contribution in [0.1, 0.15) is 10.4 Å². The maximum atomic E-state index is 10.9. The molecule has 23 heavy (non-hydrogen) atoms. The highest BCUT2D eigenvalue weighted by atomic mass is 35.5. The average Bonchev–Trinajstić information content (AvgIpc) is 2.56. The predicted octanol–water partition coefficient (Wildman–Crippen LogP) is 2.62. The smallest absolute Gasteiger partial charge is 0.335 e. The summed E-state index contributed by atoms with van der Waals surface area (Å²) in [7, 11) is 1.71. The maximum Gasteiger partial charge on any atom is 0.335 e. The lowest BCUT2D eigenvalue weighted by molar-refractivity contribution is 0.0697. The number of halogens is 1. The van der Waals surface area contributed by atoms with Crippen LogP contribution < -0.4 is 10.6 Å². The van der Waals surface area contributed by atoms with E-state index in [1.165, 1.54) is 18.3 Å². The third-order valence-corrected chi connectivity index (χ3v) is 3.14. The van der Waals surface area contributed by atoms with Crippen LogP contribution in [0.2, 0.25) is 5.02 Å². The molecule has 0 aliphatic heterocycles. The molecule has 118 valence electrons. The van der Waals surface area contributed by atoms with Gasteiger partial charge in [-0.3, -0.25) is 0 Å². The quantitative estimate of drug-likeness (QED) is 0.605. The van der Waals surface area contributed by atoms with E-state index in [-0.39, 0.29) is 11.5 Å². The van der Waals surface area contributed by atoms with E-state index < -0.39 is 5.97 Å². The molecular formula is C15H14ClN5O2. The zero-order valence-electron chi connectivity index (χ0n) is 12.2. The standard InChI is InChI=1S/C15H14ClN5O2/c1-18-7-11(6-17)20-15-19-8-12(16)13(21-15)9-2-4-10(5-3-9)14(22)23/h2-8,17-18H,1H3,(H,22,23)(H,19,20,21)/b11-7+,17-6?. The second-order valence-electron chi connectivity index (χ2n) is 4.43. The molecule has 0 atom stereocenters. The van der Waals surface area contributed by atoms with Gasteiger partial charge in [0.05, 0.1) is 28.2 Å². The second kappa shape index (κ2) is 7.37. The first kappa shape index (κ1) is 16.4. The molecule has 0 saturated heterocycles. The minimum absolute atomic E-state index is 0.181. The fourth-order valence-electron chi connectivity index (χ4n) is 1.80. The highest BCUT2D eigenvalue weighted by Crippen LogP contribution is 2.26. The minimum Gasteiger partial charge on any atom is -0.478 e. The third kappa shape index (κ3) is 4.04. The normalized spacial score (nSPS) is 11.0. The third-order valence-electron chi connectivity index (χ3n) is 2.86. The van der Waals surface area contributed by atoms with Crippen LogP contribution in [-0.4, -0.2) is 34.3 Å². The summed E-state index contributed by atoms with van der Waals surface area (Å²) in [5, 5.41) is 22.2. The number of aromatic carboxylic acids is 1. The molecule has 1 aromatic carbocycles. The summed E-state index contributed by atoms with van der Waals surface area (Å²) in [6, 6.07) is 6.21. The topological polar surface area (TPSA) is 111 Å². The Hall–Kier alpha value is -2.93. The Morgan fingerprint density at radius 2 is 2.04 bits per heavy atom. The maximum absolute atomic E-state index is 10.9. The predicted molar refractivity (Wildman–Crippen MR) is 89.0 cm³/mol. The largest absolute Gasteiger partial charge is 0.478 e. The molecule has 1 heterocycles. The second-order valence-corrected chi connectivity index (χ2v) is 4.84. The molecule has 4 N–H and O–H groups in total. The van der Waals surface area contributed by atoms with Crippen LogP contribution in [-0.2, 0) is 0 Å². The Bertz CT molecular complexity index is 759. The van der Waals surface area contributed by atoms with E-state index in [1.54, 1.807) is 25.4 Å². The summed E-state index contributed by atoms with van der Waals surface area (Å²) in [5.41, 5.74) is 1.79. The van der Waals surface area contributed by atoms with Crippen molar-refractivity contribution >= 4 is 29.7 Å². The van der Waals surface area contributed by atoms with Crippen molar-refractivity contribution in [2.45, 2.75) is 0 Å². The number of allylic oxidation sites excluding steroid dienone is 1. The summed E-state index contributed by atoms with van der Waals surface area (Å²) < 4.78 is 0. The van der Waals surface area contributed by atoms with Gasteiger partial charge in [-0.1, -0.05) is 23.7 Å². The van der Waals surface area contributed by atoms with Crippen LogP contribution in [0.15, 0.2) is 42.4 Å². The SMILES string of the molecule is CN/C=C(\C=N)Nc1ncc(Cl)c(-c2ccc(C(=O)O)cc2)n1. The number of hydrogen-bond donors (Lipinski definition) is 4. The first-order chi connectivity index (χ1) is 11.0. The van der Waals surface area contributed by atoms with Gasteiger partial charge in [-0.15, -0.1) is 0 Å². The number of hydrogen-bond acceptors (Lipinski definition) is 6. The number of rotatable bonds is 6. The number of anilines is 1. The molecule has 0 aliphatic rings. The zero-order valence-corrected chi connectivity index (χ0v) is 12.9. The van der Waals surface area contributed by atoms with Crippen LogP contribution in [0.5, 0.6) is 0 Å². The van der Waals surface area contributed by atoms with E-state index in [1.807, 2.05) is 0 Å². The van der Waals surface area contributed by atoms with E-state index in [2.05, 4.69) is 20.6 Å². The van der Waals surface area contributed by atoms with Gasteiger partial charge in [-0.25, -0.2) is 14.8 Å². The zero-order chi connectivity index (χ0) is 16.8. The van der Waals surface area contributed by atoms with Crippen molar-refractivity contribution in [3.8, 4) is 11.3 Å². The van der Waals surface area contributed by atoms with Crippen LogP contribution in [0.25, 0.3) is 11.3 Å². The number of aromatic nitrogens is 2. The lowest BCUT2D eigenvalue weighted by Crippen LogP contribution is -2.08. The molecular weight excluding hydrogens is 318 g/mol. The lowest BCUT2D eigenvalue weighted by Gasteiger charge is -2.09. The fourth-order valence-corrected chi connectivity index (χ4v) is 2.00. The van der Waals surface area contributed by atoms with Gasteiger partial charge in [0.25, 0.3) is 0 Å². The molecule has 7 nitrogen and oxygen atoms in total. The summed E-state index contributed by atoms with van der Waals surface area (Å²) in [6.45, 7) is 0. The first-order valence-corrected chi connectivity index (χ1v) is 6.94. The molecule has 0 amide bonds. The average molecular weight is 332 g/mol. The van der Waals surface area contributed by atoms with Crippen molar-refractivity contribution in [1.82, 2.24) is 15.3 Å². The number of benzene rings is 1. The van der Waals surface area contributed by atoms with E-state index in [9.17, 15) is 4.79 Å².